The third kappa shape index (κ3) is 6.71. The van der Waals surface area contributed by atoms with Gasteiger partial charge in [0.1, 0.15) is 19.0 Å². The first-order chi connectivity index (χ1) is 17.0. The van der Waals surface area contributed by atoms with Crippen LogP contribution in [0.25, 0.3) is 11.6 Å². The van der Waals surface area contributed by atoms with Gasteiger partial charge in [0.05, 0.1) is 36.9 Å². The monoisotopic (exact) mass is 537 g/mol. The zero-order valence-electron chi connectivity index (χ0n) is 20.3. The van der Waals surface area contributed by atoms with Crippen molar-refractivity contribution in [1.29, 1.82) is 5.26 Å². The Morgan fingerprint density at radius 3 is 2.31 bits per heavy atom. The number of nitrogens with zero attached hydrogens (tertiary/aromatic N) is 1. The molecule has 0 atom stereocenters. The molecule has 3 rings (SSSR count). The molecule has 0 N–H and O–H groups in total. The molecule has 0 bridgehead atoms. The lowest BCUT2D eigenvalue weighted by Crippen LogP contribution is -2.10. The van der Waals surface area contributed by atoms with E-state index in [1.165, 1.54) is 0 Å². The van der Waals surface area contributed by atoms with Gasteiger partial charge in [-0.05, 0) is 88.9 Å². The fraction of sp³-hybridized carbons (Fsp3) is 0.250. The summed E-state index contributed by atoms with van der Waals surface area (Å²) in [4.78, 5) is 0. The van der Waals surface area contributed by atoms with Crippen LogP contribution >= 0.6 is 15.9 Å². The van der Waals surface area contributed by atoms with E-state index in [1.54, 1.807) is 32.4 Å². The Kier molecular flexibility index (Phi) is 9.45. The molecule has 3 aromatic rings. The number of halogens is 1. The molecule has 6 nitrogen and oxygen atoms in total. The van der Waals surface area contributed by atoms with Crippen molar-refractivity contribution in [3.05, 3.63) is 75.8 Å². The van der Waals surface area contributed by atoms with E-state index in [2.05, 4.69) is 22.0 Å². The Hall–Kier alpha value is -3.63. The van der Waals surface area contributed by atoms with Gasteiger partial charge in [-0.2, -0.15) is 5.26 Å². The summed E-state index contributed by atoms with van der Waals surface area (Å²) in [7, 11) is 3.14. The van der Waals surface area contributed by atoms with Crippen LogP contribution in [-0.4, -0.2) is 34.0 Å². The molecule has 3 aromatic carbocycles. The van der Waals surface area contributed by atoms with Gasteiger partial charge in [0.15, 0.2) is 23.0 Å². The summed E-state index contributed by atoms with van der Waals surface area (Å²) >= 11 is 3.59. The summed E-state index contributed by atoms with van der Waals surface area (Å²) < 4.78 is 29.0. The van der Waals surface area contributed by atoms with Gasteiger partial charge < -0.3 is 23.7 Å². The van der Waals surface area contributed by atoms with Gasteiger partial charge in [0.2, 0.25) is 0 Å². The van der Waals surface area contributed by atoms with Crippen LogP contribution in [-0.2, 0) is 0 Å². The summed E-state index contributed by atoms with van der Waals surface area (Å²) in [6.45, 7) is 5.12. The minimum atomic E-state index is 0.345. The number of hydrogen-bond donors (Lipinski definition) is 0. The van der Waals surface area contributed by atoms with Gasteiger partial charge in [-0.25, -0.2) is 0 Å². The van der Waals surface area contributed by atoms with Gasteiger partial charge in [-0.3, -0.25) is 0 Å². The van der Waals surface area contributed by atoms with E-state index in [9.17, 15) is 5.26 Å². The molecule has 0 aliphatic rings. The Balaban J connectivity index is 1.81. The Morgan fingerprint density at radius 1 is 0.886 bits per heavy atom. The van der Waals surface area contributed by atoms with E-state index in [4.69, 9.17) is 23.7 Å². The summed E-state index contributed by atoms with van der Waals surface area (Å²) in [5, 5.41) is 9.81. The molecule has 0 aliphatic carbocycles. The summed E-state index contributed by atoms with van der Waals surface area (Å²) in [6, 6.07) is 19.2. The van der Waals surface area contributed by atoms with E-state index < -0.39 is 0 Å². The molecule has 0 radical (unpaired) electrons. The number of nitriles is 1. The van der Waals surface area contributed by atoms with E-state index in [1.807, 2.05) is 56.3 Å². The molecule has 182 valence electrons. The lowest BCUT2D eigenvalue weighted by atomic mass is 10.0. The molecule has 0 unspecified atom stereocenters. The van der Waals surface area contributed by atoms with E-state index in [0.29, 0.717) is 54.0 Å². The molecule has 0 heterocycles. The normalized spacial score (nSPS) is 10.9. The van der Waals surface area contributed by atoms with E-state index >= 15 is 0 Å². The van der Waals surface area contributed by atoms with Gasteiger partial charge in [-0.15, -0.1) is 0 Å². The third-order valence-corrected chi connectivity index (χ3v) is 5.73. The lowest BCUT2D eigenvalue weighted by Gasteiger charge is -2.16. The molecule has 0 saturated carbocycles. The second-order valence-corrected chi connectivity index (χ2v) is 8.32. The van der Waals surface area contributed by atoms with Crippen LogP contribution < -0.4 is 23.7 Å². The summed E-state index contributed by atoms with van der Waals surface area (Å²) in [6.07, 6.45) is 1.79. The SMILES string of the molecule is CCOc1cc(/C=C(\C#N)c2ccc(OC)c(OC)c2)cc(Br)c1OCCOc1ccccc1C. The van der Waals surface area contributed by atoms with Crippen LogP contribution in [0.15, 0.2) is 59.1 Å². The number of benzene rings is 3. The van der Waals surface area contributed by atoms with Crippen LogP contribution in [0, 0.1) is 18.3 Å². The second-order valence-electron chi connectivity index (χ2n) is 7.46. The maximum absolute atomic E-state index is 9.81. The number of aryl methyl sites for hydroxylation is 1. The Labute approximate surface area is 214 Å². The minimum Gasteiger partial charge on any atom is -0.493 e. The molecule has 0 amide bonds. The minimum absolute atomic E-state index is 0.345. The van der Waals surface area contributed by atoms with Crippen molar-refractivity contribution in [2.24, 2.45) is 0 Å². The number of methoxy groups -OCH3 is 2. The van der Waals surface area contributed by atoms with Crippen molar-refractivity contribution < 1.29 is 23.7 Å². The number of rotatable bonds is 11. The largest absolute Gasteiger partial charge is 0.493 e. The molecule has 0 aromatic heterocycles. The molecule has 35 heavy (non-hydrogen) atoms. The lowest BCUT2D eigenvalue weighted by molar-refractivity contribution is 0.207. The zero-order chi connectivity index (χ0) is 25.2. The number of hydrogen-bond acceptors (Lipinski definition) is 6. The van der Waals surface area contributed by atoms with Crippen molar-refractivity contribution in [3.8, 4) is 34.8 Å². The summed E-state index contributed by atoms with van der Waals surface area (Å²) in [5.74, 6) is 3.15. The first-order valence-electron chi connectivity index (χ1n) is 11.1. The summed E-state index contributed by atoms with van der Waals surface area (Å²) in [5.41, 5.74) is 3.05. The number of para-hydroxylation sites is 1. The number of allylic oxidation sites excluding steroid dienone is 1. The highest BCUT2D eigenvalue weighted by Gasteiger charge is 2.14. The fourth-order valence-corrected chi connectivity index (χ4v) is 4.01. The fourth-order valence-electron chi connectivity index (χ4n) is 3.44. The Bertz CT molecular complexity index is 1230. The number of ether oxygens (including phenoxy) is 5. The van der Waals surface area contributed by atoms with Crippen molar-refractivity contribution >= 4 is 27.6 Å². The predicted octanol–water partition coefficient (Wildman–Crippen LogP) is 6.70. The third-order valence-electron chi connectivity index (χ3n) is 5.14. The first-order valence-corrected chi connectivity index (χ1v) is 11.9. The highest BCUT2D eigenvalue weighted by Crippen LogP contribution is 2.38. The van der Waals surface area contributed by atoms with Crippen molar-refractivity contribution in [3.63, 3.8) is 0 Å². The van der Waals surface area contributed by atoms with Crippen molar-refractivity contribution in [2.75, 3.05) is 34.0 Å². The van der Waals surface area contributed by atoms with Crippen LogP contribution in [0.3, 0.4) is 0 Å². The highest BCUT2D eigenvalue weighted by atomic mass is 79.9. The van der Waals surface area contributed by atoms with Crippen LogP contribution in [0.4, 0.5) is 0 Å². The quantitative estimate of drug-likeness (QED) is 0.154. The smallest absolute Gasteiger partial charge is 0.175 e. The predicted molar refractivity (Wildman–Crippen MR) is 141 cm³/mol. The van der Waals surface area contributed by atoms with Gasteiger partial charge in [-0.1, -0.05) is 18.2 Å². The van der Waals surface area contributed by atoms with E-state index in [0.717, 1.165) is 21.3 Å². The Morgan fingerprint density at radius 2 is 1.63 bits per heavy atom. The van der Waals surface area contributed by atoms with Crippen molar-refractivity contribution in [2.45, 2.75) is 13.8 Å². The molecular weight excluding hydrogens is 510 g/mol. The standard InChI is InChI=1S/C28H28BrNO5/c1-5-33-27-16-20(14-22(18-30)21-10-11-25(31-3)26(17-21)32-4)15-23(29)28(27)35-13-12-34-24-9-7-6-8-19(24)2/h6-11,14-17H,5,12-13H2,1-4H3/b22-14+. The van der Waals surface area contributed by atoms with Crippen LogP contribution in [0.1, 0.15) is 23.6 Å². The van der Waals surface area contributed by atoms with E-state index in [-0.39, 0.29) is 0 Å². The average Bonchev–Trinajstić information content (AvgIpc) is 2.87. The molecule has 0 spiro atoms. The van der Waals surface area contributed by atoms with Crippen LogP contribution in [0.5, 0.6) is 28.7 Å². The molecule has 0 saturated heterocycles. The first kappa shape index (κ1) is 26.0. The van der Waals surface area contributed by atoms with Gasteiger partial charge in [0.25, 0.3) is 0 Å². The highest BCUT2D eigenvalue weighted by molar-refractivity contribution is 9.10. The zero-order valence-corrected chi connectivity index (χ0v) is 21.8. The topological polar surface area (TPSA) is 69.9 Å². The molecule has 7 heteroatoms. The molecule has 0 aliphatic heterocycles. The maximum Gasteiger partial charge on any atom is 0.175 e. The maximum atomic E-state index is 9.81. The van der Waals surface area contributed by atoms with Gasteiger partial charge >= 0.3 is 0 Å². The average molecular weight is 538 g/mol. The second kappa shape index (κ2) is 12.7. The van der Waals surface area contributed by atoms with Crippen molar-refractivity contribution in [1.82, 2.24) is 0 Å². The van der Waals surface area contributed by atoms with Gasteiger partial charge in [0, 0.05) is 0 Å². The molecular formula is C28H28BrNO5. The molecule has 0 fully saturated rings. The van der Waals surface area contributed by atoms with Crippen LogP contribution in [0.2, 0.25) is 0 Å².